The van der Waals surface area contributed by atoms with Gasteiger partial charge in [0.2, 0.25) is 0 Å². The summed E-state index contributed by atoms with van der Waals surface area (Å²) in [7, 11) is 0. The molecule has 7 nitrogen and oxygen atoms in total. The van der Waals surface area contributed by atoms with Crippen molar-refractivity contribution < 1.29 is 9.66 Å². The standard InChI is InChI=1S/C13H20N4O3/c1-10-13(17(18)19)9-14-16(10)12-3-2-11(8-12)15-4-6-20-7-5-15/h9,11-12H,2-8H2,1H3/t11-,12-/m1/s1. The monoisotopic (exact) mass is 280 g/mol. The zero-order valence-electron chi connectivity index (χ0n) is 11.7. The Morgan fingerprint density at radius 1 is 1.35 bits per heavy atom. The first-order valence-corrected chi connectivity index (χ1v) is 7.17. The van der Waals surface area contributed by atoms with Crippen LogP contribution in [0.4, 0.5) is 5.69 Å². The Kier molecular flexibility index (Phi) is 3.71. The molecule has 0 spiro atoms. The maximum absolute atomic E-state index is 10.9. The molecule has 0 N–H and O–H groups in total. The second-order valence-electron chi connectivity index (χ2n) is 5.59. The molecule has 3 rings (SSSR count). The summed E-state index contributed by atoms with van der Waals surface area (Å²) in [4.78, 5) is 13.0. The van der Waals surface area contributed by atoms with Gasteiger partial charge in [0.1, 0.15) is 11.9 Å². The largest absolute Gasteiger partial charge is 0.379 e. The van der Waals surface area contributed by atoms with Crippen LogP contribution >= 0.6 is 0 Å². The van der Waals surface area contributed by atoms with Crippen LogP contribution in [0.15, 0.2) is 6.20 Å². The van der Waals surface area contributed by atoms with Gasteiger partial charge in [0.15, 0.2) is 0 Å². The quantitative estimate of drug-likeness (QED) is 0.620. The summed E-state index contributed by atoms with van der Waals surface area (Å²) < 4.78 is 7.23. The summed E-state index contributed by atoms with van der Waals surface area (Å²) in [6, 6.07) is 0.850. The first-order chi connectivity index (χ1) is 9.66. The Hall–Kier alpha value is -1.47. The van der Waals surface area contributed by atoms with Crippen LogP contribution in [0.2, 0.25) is 0 Å². The van der Waals surface area contributed by atoms with Crippen LogP contribution in [0, 0.1) is 17.0 Å². The van der Waals surface area contributed by atoms with Crippen LogP contribution < -0.4 is 0 Å². The van der Waals surface area contributed by atoms with Gasteiger partial charge >= 0.3 is 5.69 Å². The van der Waals surface area contributed by atoms with Crippen molar-refractivity contribution in [3.63, 3.8) is 0 Å². The van der Waals surface area contributed by atoms with Crippen LogP contribution in [0.5, 0.6) is 0 Å². The molecule has 2 fully saturated rings. The average Bonchev–Trinajstić information content (AvgIpc) is 3.06. The lowest BCUT2D eigenvalue weighted by molar-refractivity contribution is -0.385. The smallest absolute Gasteiger partial charge is 0.309 e. The third kappa shape index (κ3) is 2.43. The summed E-state index contributed by atoms with van der Waals surface area (Å²) in [5.41, 5.74) is 0.794. The van der Waals surface area contributed by atoms with E-state index in [1.54, 1.807) is 6.92 Å². The zero-order chi connectivity index (χ0) is 14.1. The molecular formula is C13H20N4O3. The van der Waals surface area contributed by atoms with E-state index in [4.69, 9.17) is 4.74 Å². The van der Waals surface area contributed by atoms with E-state index in [1.165, 1.54) is 6.20 Å². The minimum atomic E-state index is -0.354. The normalized spacial score (nSPS) is 27.9. The molecule has 2 aliphatic rings. The Bertz CT molecular complexity index is 496. The SMILES string of the molecule is Cc1c([N+](=O)[O-])cnn1[C@@H]1CC[C@@H](N2CCOCC2)C1. The van der Waals surface area contributed by atoms with Gasteiger partial charge in [0, 0.05) is 19.1 Å². The summed E-state index contributed by atoms with van der Waals surface area (Å²) in [5, 5.41) is 15.1. The molecule has 20 heavy (non-hydrogen) atoms. The Morgan fingerprint density at radius 2 is 2.05 bits per heavy atom. The van der Waals surface area contributed by atoms with Gasteiger partial charge in [-0.05, 0) is 26.2 Å². The molecule has 7 heteroatoms. The van der Waals surface area contributed by atoms with Crippen molar-refractivity contribution in [2.24, 2.45) is 0 Å². The molecule has 1 saturated heterocycles. The average molecular weight is 280 g/mol. The van der Waals surface area contributed by atoms with E-state index in [0.717, 1.165) is 45.6 Å². The lowest BCUT2D eigenvalue weighted by Gasteiger charge is -2.32. The molecule has 110 valence electrons. The van der Waals surface area contributed by atoms with Crippen molar-refractivity contribution in [3.8, 4) is 0 Å². The highest BCUT2D eigenvalue weighted by atomic mass is 16.6. The number of nitrogens with zero attached hydrogens (tertiary/aromatic N) is 4. The van der Waals surface area contributed by atoms with E-state index in [9.17, 15) is 10.1 Å². The fourth-order valence-electron chi connectivity index (χ4n) is 3.39. The van der Waals surface area contributed by atoms with Crippen molar-refractivity contribution in [2.75, 3.05) is 26.3 Å². The maximum Gasteiger partial charge on any atom is 0.309 e. The van der Waals surface area contributed by atoms with Gasteiger partial charge in [-0.25, -0.2) is 0 Å². The Morgan fingerprint density at radius 3 is 2.70 bits per heavy atom. The lowest BCUT2D eigenvalue weighted by Crippen LogP contribution is -2.42. The van der Waals surface area contributed by atoms with E-state index < -0.39 is 0 Å². The van der Waals surface area contributed by atoms with Crippen molar-refractivity contribution >= 4 is 5.69 Å². The molecule has 1 aliphatic carbocycles. The molecule has 1 aromatic heterocycles. The fourth-order valence-corrected chi connectivity index (χ4v) is 3.39. The minimum absolute atomic E-state index is 0.125. The molecule has 1 aliphatic heterocycles. The second kappa shape index (κ2) is 5.49. The molecule has 2 atom stereocenters. The number of aromatic nitrogens is 2. The van der Waals surface area contributed by atoms with Gasteiger partial charge in [-0.2, -0.15) is 5.10 Å². The van der Waals surface area contributed by atoms with Gasteiger partial charge in [-0.3, -0.25) is 19.7 Å². The molecule has 1 aromatic rings. The molecular weight excluding hydrogens is 260 g/mol. The van der Waals surface area contributed by atoms with Crippen molar-refractivity contribution in [3.05, 3.63) is 22.0 Å². The second-order valence-corrected chi connectivity index (χ2v) is 5.59. The van der Waals surface area contributed by atoms with Gasteiger partial charge < -0.3 is 4.74 Å². The first-order valence-electron chi connectivity index (χ1n) is 7.17. The fraction of sp³-hybridized carbons (Fsp3) is 0.769. The van der Waals surface area contributed by atoms with Gasteiger partial charge in [-0.15, -0.1) is 0 Å². The molecule has 2 heterocycles. The lowest BCUT2D eigenvalue weighted by atomic mass is 10.2. The van der Waals surface area contributed by atoms with Crippen LogP contribution in [0.25, 0.3) is 0 Å². The van der Waals surface area contributed by atoms with Crippen LogP contribution in [0.3, 0.4) is 0 Å². The Labute approximate surface area is 117 Å². The Balaban J connectivity index is 1.69. The number of ether oxygens (including phenoxy) is 1. The van der Waals surface area contributed by atoms with E-state index >= 15 is 0 Å². The van der Waals surface area contributed by atoms with Crippen LogP contribution in [-0.2, 0) is 4.74 Å². The number of hydrogen-bond donors (Lipinski definition) is 0. The number of rotatable bonds is 3. The molecule has 0 aromatic carbocycles. The van der Waals surface area contributed by atoms with Crippen molar-refractivity contribution in [1.29, 1.82) is 0 Å². The minimum Gasteiger partial charge on any atom is -0.379 e. The van der Waals surface area contributed by atoms with Gasteiger partial charge in [0.05, 0.1) is 24.2 Å². The number of hydrogen-bond acceptors (Lipinski definition) is 5. The summed E-state index contributed by atoms with van der Waals surface area (Å²) in [6.45, 7) is 5.40. The molecule has 0 radical (unpaired) electrons. The molecule has 0 amide bonds. The third-order valence-corrected chi connectivity index (χ3v) is 4.50. The van der Waals surface area contributed by atoms with Gasteiger partial charge in [0.25, 0.3) is 0 Å². The topological polar surface area (TPSA) is 73.4 Å². The predicted molar refractivity (Wildman–Crippen MR) is 72.7 cm³/mol. The summed E-state index contributed by atoms with van der Waals surface area (Å²) in [5.74, 6) is 0. The highest BCUT2D eigenvalue weighted by Crippen LogP contribution is 2.35. The summed E-state index contributed by atoms with van der Waals surface area (Å²) >= 11 is 0. The first kappa shape index (κ1) is 13.5. The van der Waals surface area contributed by atoms with E-state index in [1.807, 2.05) is 4.68 Å². The highest BCUT2D eigenvalue weighted by Gasteiger charge is 2.33. The third-order valence-electron chi connectivity index (χ3n) is 4.50. The highest BCUT2D eigenvalue weighted by molar-refractivity contribution is 5.32. The van der Waals surface area contributed by atoms with Gasteiger partial charge in [-0.1, -0.05) is 0 Å². The van der Waals surface area contributed by atoms with Crippen molar-refractivity contribution in [1.82, 2.24) is 14.7 Å². The van der Waals surface area contributed by atoms with E-state index in [2.05, 4.69) is 10.00 Å². The number of morpholine rings is 1. The van der Waals surface area contributed by atoms with E-state index in [-0.39, 0.29) is 16.7 Å². The van der Waals surface area contributed by atoms with Crippen LogP contribution in [0.1, 0.15) is 31.0 Å². The maximum atomic E-state index is 10.9. The van der Waals surface area contributed by atoms with E-state index in [0.29, 0.717) is 11.7 Å². The molecule has 0 unspecified atom stereocenters. The van der Waals surface area contributed by atoms with Crippen molar-refractivity contribution in [2.45, 2.75) is 38.3 Å². The van der Waals surface area contributed by atoms with Crippen LogP contribution in [-0.4, -0.2) is 51.9 Å². The molecule has 1 saturated carbocycles. The predicted octanol–water partition coefficient (Wildman–Crippen LogP) is 1.53. The summed E-state index contributed by atoms with van der Waals surface area (Å²) in [6.07, 6.45) is 4.58. The zero-order valence-corrected chi connectivity index (χ0v) is 11.7. The number of nitro groups is 1. The molecule has 0 bridgehead atoms.